The monoisotopic (exact) mass is 401 g/mol. The van der Waals surface area contributed by atoms with Crippen LogP contribution in [0.2, 0.25) is 0 Å². The lowest BCUT2D eigenvalue weighted by molar-refractivity contribution is -0.208. The fraction of sp³-hybridized carbons (Fsp3) is 0.435. The molecule has 0 aliphatic carbocycles. The normalized spacial score (nSPS) is 10.6. The summed E-state index contributed by atoms with van der Waals surface area (Å²) in [6, 6.07) is 11.3. The quantitative estimate of drug-likeness (QED) is 0.304. The molecule has 1 amide bonds. The van der Waals surface area contributed by atoms with Gasteiger partial charge in [-0.2, -0.15) is 4.89 Å². The van der Waals surface area contributed by atoms with E-state index in [4.69, 9.17) is 25.0 Å². The molecular formula is C23H31NO5. The molecule has 2 aromatic carbocycles. The zero-order valence-electron chi connectivity index (χ0n) is 17.5. The number of hydrogen-bond acceptors (Lipinski definition) is 5. The molecule has 0 bridgehead atoms. The van der Waals surface area contributed by atoms with Gasteiger partial charge in [0.05, 0.1) is 25.9 Å². The summed E-state index contributed by atoms with van der Waals surface area (Å²) < 4.78 is 11.3. The third kappa shape index (κ3) is 6.39. The van der Waals surface area contributed by atoms with Crippen LogP contribution >= 0.6 is 0 Å². The van der Waals surface area contributed by atoms with Crippen molar-refractivity contribution in [2.75, 3.05) is 20.3 Å². The van der Waals surface area contributed by atoms with Crippen LogP contribution in [0.3, 0.4) is 0 Å². The number of carbonyl (C=O) groups is 1. The van der Waals surface area contributed by atoms with E-state index in [1.165, 1.54) is 7.11 Å². The van der Waals surface area contributed by atoms with Gasteiger partial charge >= 0.3 is 0 Å². The smallest absolute Gasteiger partial charge is 0.252 e. The average molecular weight is 402 g/mol. The van der Waals surface area contributed by atoms with Crippen molar-refractivity contribution < 1.29 is 24.0 Å². The van der Waals surface area contributed by atoms with E-state index in [1.807, 2.05) is 24.3 Å². The number of primary amides is 1. The van der Waals surface area contributed by atoms with Gasteiger partial charge in [-0.15, -0.1) is 0 Å². The van der Waals surface area contributed by atoms with Crippen molar-refractivity contribution in [2.45, 2.75) is 46.0 Å². The fourth-order valence-corrected chi connectivity index (χ4v) is 3.13. The fourth-order valence-electron chi connectivity index (χ4n) is 3.13. The molecule has 0 aliphatic rings. The Bertz CT molecular complexity index is 791. The van der Waals surface area contributed by atoms with Crippen LogP contribution in [0.1, 0.15) is 54.6 Å². The van der Waals surface area contributed by atoms with Gasteiger partial charge in [-0.25, -0.2) is 0 Å². The highest BCUT2D eigenvalue weighted by Gasteiger charge is 2.17. The summed E-state index contributed by atoms with van der Waals surface area (Å²) in [5, 5.41) is 0. The molecule has 158 valence electrons. The van der Waals surface area contributed by atoms with E-state index in [2.05, 4.69) is 13.8 Å². The summed E-state index contributed by atoms with van der Waals surface area (Å²) in [5.41, 5.74) is 7.81. The van der Waals surface area contributed by atoms with Crippen molar-refractivity contribution in [3.8, 4) is 17.2 Å². The van der Waals surface area contributed by atoms with Crippen molar-refractivity contribution in [3.63, 3.8) is 0 Å². The highest BCUT2D eigenvalue weighted by atomic mass is 17.2. The topological polar surface area (TPSA) is 80.0 Å². The van der Waals surface area contributed by atoms with Crippen molar-refractivity contribution in [2.24, 2.45) is 5.73 Å². The Morgan fingerprint density at radius 2 is 1.72 bits per heavy atom. The minimum absolute atomic E-state index is 0.366. The number of carbonyl (C=O) groups excluding carboxylic acids is 1. The van der Waals surface area contributed by atoms with Gasteiger partial charge in [0.2, 0.25) is 0 Å². The second-order valence-electron chi connectivity index (χ2n) is 6.70. The first-order valence-corrected chi connectivity index (χ1v) is 10.1. The summed E-state index contributed by atoms with van der Waals surface area (Å²) in [6.45, 7) is 5.05. The Morgan fingerprint density at radius 1 is 0.966 bits per heavy atom. The molecule has 2 rings (SSSR count). The van der Waals surface area contributed by atoms with E-state index < -0.39 is 5.91 Å². The molecule has 0 aliphatic heterocycles. The number of aryl methyl sites for hydroxylation is 1. The van der Waals surface area contributed by atoms with Gasteiger partial charge in [-0.05, 0) is 36.6 Å². The molecule has 6 heteroatoms. The Balaban J connectivity index is 1.88. The Morgan fingerprint density at radius 3 is 2.41 bits per heavy atom. The number of amides is 1. The van der Waals surface area contributed by atoms with E-state index in [9.17, 15) is 4.79 Å². The summed E-state index contributed by atoms with van der Waals surface area (Å²) >= 11 is 0. The number of rotatable bonds is 13. The van der Waals surface area contributed by atoms with Crippen molar-refractivity contribution in [1.82, 2.24) is 0 Å². The van der Waals surface area contributed by atoms with E-state index in [0.29, 0.717) is 36.7 Å². The van der Waals surface area contributed by atoms with Crippen LogP contribution in [-0.4, -0.2) is 26.2 Å². The first-order valence-electron chi connectivity index (χ1n) is 10.1. The van der Waals surface area contributed by atoms with Crippen LogP contribution in [0.4, 0.5) is 0 Å². The van der Waals surface area contributed by atoms with Gasteiger partial charge in [0.1, 0.15) is 11.5 Å². The van der Waals surface area contributed by atoms with Crippen LogP contribution in [0, 0.1) is 0 Å². The number of hydrogen-bond donors (Lipinski definition) is 1. The molecule has 0 spiro atoms. The highest BCUT2D eigenvalue weighted by molar-refractivity contribution is 5.96. The maximum atomic E-state index is 11.6. The summed E-state index contributed by atoms with van der Waals surface area (Å²) in [4.78, 5) is 22.4. The van der Waals surface area contributed by atoms with E-state index >= 15 is 0 Å². The van der Waals surface area contributed by atoms with Crippen molar-refractivity contribution in [3.05, 3.63) is 53.1 Å². The third-order valence-corrected chi connectivity index (χ3v) is 4.46. The number of ether oxygens (including phenoxy) is 2. The van der Waals surface area contributed by atoms with Gasteiger partial charge in [0, 0.05) is 12.0 Å². The number of methoxy groups -OCH3 is 1. The number of para-hydroxylation sites is 1. The Hall–Kier alpha value is -2.73. The largest absolute Gasteiger partial charge is 0.495 e. The molecule has 0 fully saturated rings. The van der Waals surface area contributed by atoms with Gasteiger partial charge in [-0.3, -0.25) is 4.79 Å². The van der Waals surface area contributed by atoms with Crippen molar-refractivity contribution >= 4 is 5.91 Å². The molecule has 0 saturated carbocycles. The van der Waals surface area contributed by atoms with Gasteiger partial charge < -0.3 is 20.1 Å². The zero-order chi connectivity index (χ0) is 21.1. The highest BCUT2D eigenvalue weighted by Crippen LogP contribution is 2.33. The second-order valence-corrected chi connectivity index (χ2v) is 6.70. The maximum absolute atomic E-state index is 11.6. The molecule has 0 unspecified atom stereocenters. The lowest BCUT2D eigenvalue weighted by atomic mass is 10.0. The predicted octanol–water partition coefficient (Wildman–Crippen LogP) is 4.48. The Kier molecular flexibility index (Phi) is 9.31. The molecular weight excluding hydrogens is 370 g/mol. The number of benzene rings is 2. The third-order valence-electron chi connectivity index (χ3n) is 4.46. The van der Waals surface area contributed by atoms with Crippen LogP contribution in [-0.2, 0) is 17.7 Å². The standard InChI is InChI=1S/C23H31NO5/c1-4-9-17-11-6-7-12-20(17)29-28-16-8-15-27-21-14-13-19(23(24)25)22(26-3)18(21)10-5-2/h6-7,11-14H,4-5,8-10,15-16H2,1-3H3,(H2,24,25). The van der Waals surface area contributed by atoms with E-state index in [1.54, 1.807) is 12.1 Å². The Labute approximate surface area is 172 Å². The molecule has 0 aromatic heterocycles. The van der Waals surface area contributed by atoms with Crippen LogP contribution in [0.25, 0.3) is 0 Å². The molecule has 0 saturated heterocycles. The summed E-state index contributed by atoms with van der Waals surface area (Å²) in [7, 11) is 1.53. The zero-order valence-corrected chi connectivity index (χ0v) is 17.5. The SMILES string of the molecule is CCCc1ccccc1OOCCCOc1ccc(C(N)=O)c(OC)c1CCC. The van der Waals surface area contributed by atoms with Gasteiger partial charge in [-0.1, -0.05) is 44.9 Å². The molecule has 2 aromatic rings. The first-order chi connectivity index (χ1) is 14.1. The average Bonchev–Trinajstić information content (AvgIpc) is 2.72. The van der Waals surface area contributed by atoms with E-state index in [-0.39, 0.29) is 0 Å². The van der Waals surface area contributed by atoms with Crippen LogP contribution < -0.4 is 20.1 Å². The lowest BCUT2D eigenvalue weighted by Gasteiger charge is -2.17. The lowest BCUT2D eigenvalue weighted by Crippen LogP contribution is -2.14. The molecule has 0 atom stereocenters. The molecule has 6 nitrogen and oxygen atoms in total. The minimum atomic E-state index is -0.514. The summed E-state index contributed by atoms with van der Waals surface area (Å²) in [6.07, 6.45) is 4.27. The van der Waals surface area contributed by atoms with Gasteiger partial charge in [0.15, 0.2) is 5.75 Å². The summed E-state index contributed by atoms with van der Waals surface area (Å²) in [5.74, 6) is 1.43. The second kappa shape index (κ2) is 12.0. The number of nitrogens with two attached hydrogens (primary N) is 1. The van der Waals surface area contributed by atoms with E-state index in [0.717, 1.165) is 42.6 Å². The molecule has 29 heavy (non-hydrogen) atoms. The minimum Gasteiger partial charge on any atom is -0.495 e. The predicted molar refractivity (Wildman–Crippen MR) is 113 cm³/mol. The van der Waals surface area contributed by atoms with Crippen molar-refractivity contribution in [1.29, 1.82) is 0 Å². The van der Waals surface area contributed by atoms with Gasteiger partial charge in [0.25, 0.3) is 5.91 Å². The molecule has 0 heterocycles. The molecule has 0 radical (unpaired) electrons. The maximum Gasteiger partial charge on any atom is 0.252 e. The first kappa shape index (κ1) is 22.6. The van der Waals surface area contributed by atoms with Crippen LogP contribution in [0.15, 0.2) is 36.4 Å². The molecule has 2 N–H and O–H groups in total. The van der Waals surface area contributed by atoms with Crippen LogP contribution in [0.5, 0.6) is 17.2 Å².